The quantitative estimate of drug-likeness (QED) is 0.871. The molecule has 4 heteroatoms. The van der Waals surface area contributed by atoms with E-state index in [-0.39, 0.29) is 18.1 Å². The topological polar surface area (TPSA) is 56.0 Å². The Hall–Kier alpha value is -1.08. The van der Waals surface area contributed by atoms with Gasteiger partial charge in [0.15, 0.2) is 0 Å². The molecule has 0 aliphatic rings. The lowest BCUT2D eigenvalue weighted by atomic mass is 9.85. The van der Waals surface area contributed by atoms with Gasteiger partial charge in [0.2, 0.25) is 0 Å². The maximum absolute atomic E-state index is 9.12. The zero-order valence-corrected chi connectivity index (χ0v) is 12.5. The maximum Gasteiger partial charge on any atom is 0.0992 e. The highest BCUT2D eigenvalue weighted by molar-refractivity contribution is 6.31. The van der Waals surface area contributed by atoms with Crippen LogP contribution >= 0.6 is 11.6 Å². The third kappa shape index (κ3) is 4.83. The molecule has 1 atom stereocenters. The predicted octanol–water partition coefficient (Wildman–Crippen LogP) is 3.10. The molecule has 0 saturated heterocycles. The van der Waals surface area contributed by atoms with Crippen molar-refractivity contribution < 1.29 is 5.11 Å². The van der Waals surface area contributed by atoms with E-state index < -0.39 is 0 Å². The molecule has 1 rings (SSSR count). The maximum atomic E-state index is 9.12. The molecular weight excluding hydrogens is 260 g/mol. The first-order valence-electron chi connectivity index (χ1n) is 6.41. The summed E-state index contributed by atoms with van der Waals surface area (Å²) in [6.45, 7) is 7.21. The monoisotopic (exact) mass is 280 g/mol. The minimum Gasteiger partial charge on any atom is -0.396 e. The van der Waals surface area contributed by atoms with E-state index in [1.165, 1.54) is 0 Å². The van der Waals surface area contributed by atoms with Crippen molar-refractivity contribution in [3.63, 3.8) is 0 Å². The first-order chi connectivity index (χ1) is 8.88. The summed E-state index contributed by atoms with van der Waals surface area (Å²) >= 11 is 6.14. The van der Waals surface area contributed by atoms with Crippen LogP contribution in [0.2, 0.25) is 5.02 Å². The SMILES string of the molecule is CC(C)(C)C(CCO)NCc1ccc(C#N)cc1Cl. The Morgan fingerprint density at radius 2 is 2.11 bits per heavy atom. The van der Waals surface area contributed by atoms with E-state index in [2.05, 4.69) is 32.2 Å². The summed E-state index contributed by atoms with van der Waals surface area (Å²) in [6.07, 6.45) is 0.706. The van der Waals surface area contributed by atoms with E-state index in [1.54, 1.807) is 12.1 Å². The van der Waals surface area contributed by atoms with Crippen LogP contribution in [0.15, 0.2) is 18.2 Å². The van der Waals surface area contributed by atoms with Crippen LogP contribution in [0.25, 0.3) is 0 Å². The van der Waals surface area contributed by atoms with Gasteiger partial charge < -0.3 is 10.4 Å². The second-order valence-electron chi connectivity index (χ2n) is 5.73. The van der Waals surface area contributed by atoms with Gasteiger partial charge in [-0.15, -0.1) is 0 Å². The normalized spacial score (nSPS) is 13.1. The van der Waals surface area contributed by atoms with Crippen LogP contribution in [-0.2, 0) is 6.54 Å². The number of aliphatic hydroxyl groups is 1. The van der Waals surface area contributed by atoms with Crippen LogP contribution < -0.4 is 5.32 Å². The van der Waals surface area contributed by atoms with Gasteiger partial charge in [0.25, 0.3) is 0 Å². The summed E-state index contributed by atoms with van der Waals surface area (Å²) in [7, 11) is 0. The molecule has 0 aliphatic heterocycles. The smallest absolute Gasteiger partial charge is 0.0992 e. The zero-order valence-electron chi connectivity index (χ0n) is 11.7. The number of nitriles is 1. The number of benzene rings is 1. The van der Waals surface area contributed by atoms with Crippen LogP contribution in [0.4, 0.5) is 0 Å². The zero-order chi connectivity index (χ0) is 14.5. The molecule has 0 bridgehead atoms. The van der Waals surface area contributed by atoms with Crippen molar-refractivity contribution in [3.05, 3.63) is 34.3 Å². The summed E-state index contributed by atoms with van der Waals surface area (Å²) in [5.74, 6) is 0. The summed E-state index contributed by atoms with van der Waals surface area (Å²) in [5, 5.41) is 21.9. The molecule has 0 heterocycles. The standard InChI is InChI=1S/C15H21ClN2O/c1-15(2,3)14(6-7-19)18-10-12-5-4-11(9-17)8-13(12)16/h4-5,8,14,18-19H,6-7,10H2,1-3H3. The average molecular weight is 281 g/mol. The fourth-order valence-electron chi connectivity index (χ4n) is 1.96. The molecule has 0 radical (unpaired) electrons. The molecule has 0 saturated carbocycles. The predicted molar refractivity (Wildman–Crippen MR) is 78.0 cm³/mol. The molecule has 1 unspecified atom stereocenters. The Labute approximate surface area is 120 Å². The number of aliphatic hydroxyl groups excluding tert-OH is 1. The highest BCUT2D eigenvalue weighted by Crippen LogP contribution is 2.23. The second kappa shape index (κ2) is 6.91. The minimum atomic E-state index is 0.0712. The Morgan fingerprint density at radius 3 is 2.58 bits per heavy atom. The Bertz CT molecular complexity index is 460. The van der Waals surface area contributed by atoms with Gasteiger partial charge in [-0.25, -0.2) is 0 Å². The van der Waals surface area contributed by atoms with E-state index in [4.69, 9.17) is 22.0 Å². The molecular formula is C15H21ClN2O. The van der Waals surface area contributed by atoms with E-state index >= 15 is 0 Å². The van der Waals surface area contributed by atoms with Gasteiger partial charge in [-0.1, -0.05) is 38.4 Å². The van der Waals surface area contributed by atoms with Gasteiger partial charge in [-0.3, -0.25) is 0 Å². The van der Waals surface area contributed by atoms with Crippen LogP contribution in [0, 0.1) is 16.7 Å². The lowest BCUT2D eigenvalue weighted by Gasteiger charge is -2.31. The number of nitrogens with zero attached hydrogens (tertiary/aromatic N) is 1. The largest absolute Gasteiger partial charge is 0.396 e. The molecule has 2 N–H and O–H groups in total. The molecule has 19 heavy (non-hydrogen) atoms. The minimum absolute atomic E-state index is 0.0712. The highest BCUT2D eigenvalue weighted by Gasteiger charge is 2.23. The number of hydrogen-bond acceptors (Lipinski definition) is 3. The van der Waals surface area contributed by atoms with Crippen molar-refractivity contribution in [3.8, 4) is 6.07 Å². The highest BCUT2D eigenvalue weighted by atomic mass is 35.5. The van der Waals surface area contributed by atoms with Crippen molar-refractivity contribution in [2.75, 3.05) is 6.61 Å². The third-order valence-corrected chi connectivity index (χ3v) is 3.54. The molecule has 0 aliphatic carbocycles. The number of halogens is 1. The van der Waals surface area contributed by atoms with E-state index in [0.29, 0.717) is 23.6 Å². The van der Waals surface area contributed by atoms with E-state index in [0.717, 1.165) is 5.56 Å². The lowest BCUT2D eigenvalue weighted by molar-refractivity contribution is 0.196. The summed E-state index contributed by atoms with van der Waals surface area (Å²) in [5.41, 5.74) is 1.60. The summed E-state index contributed by atoms with van der Waals surface area (Å²) in [6, 6.07) is 7.59. The first-order valence-corrected chi connectivity index (χ1v) is 6.79. The Morgan fingerprint density at radius 1 is 1.42 bits per heavy atom. The van der Waals surface area contributed by atoms with Gasteiger partial charge in [0.1, 0.15) is 0 Å². The van der Waals surface area contributed by atoms with Gasteiger partial charge in [0, 0.05) is 24.2 Å². The molecule has 0 amide bonds. The van der Waals surface area contributed by atoms with Crippen molar-refractivity contribution in [1.29, 1.82) is 5.26 Å². The molecule has 0 aromatic heterocycles. The molecule has 0 fully saturated rings. The second-order valence-corrected chi connectivity index (χ2v) is 6.14. The van der Waals surface area contributed by atoms with Crippen LogP contribution in [-0.4, -0.2) is 17.8 Å². The number of rotatable bonds is 5. The van der Waals surface area contributed by atoms with Crippen LogP contribution in [0.3, 0.4) is 0 Å². The third-order valence-electron chi connectivity index (χ3n) is 3.18. The van der Waals surface area contributed by atoms with Gasteiger partial charge >= 0.3 is 0 Å². The van der Waals surface area contributed by atoms with Crippen molar-refractivity contribution in [2.24, 2.45) is 5.41 Å². The molecule has 3 nitrogen and oxygen atoms in total. The molecule has 104 valence electrons. The fraction of sp³-hybridized carbons (Fsp3) is 0.533. The van der Waals surface area contributed by atoms with Crippen molar-refractivity contribution >= 4 is 11.6 Å². The Kier molecular flexibility index (Phi) is 5.81. The summed E-state index contributed by atoms with van der Waals surface area (Å²) in [4.78, 5) is 0. The van der Waals surface area contributed by atoms with Crippen LogP contribution in [0.5, 0.6) is 0 Å². The van der Waals surface area contributed by atoms with Gasteiger partial charge in [0.05, 0.1) is 11.6 Å². The van der Waals surface area contributed by atoms with Crippen molar-refractivity contribution in [1.82, 2.24) is 5.32 Å². The average Bonchev–Trinajstić information content (AvgIpc) is 2.34. The summed E-state index contributed by atoms with van der Waals surface area (Å²) < 4.78 is 0. The van der Waals surface area contributed by atoms with Gasteiger partial charge in [-0.05, 0) is 29.5 Å². The van der Waals surface area contributed by atoms with E-state index in [9.17, 15) is 0 Å². The fourth-order valence-corrected chi connectivity index (χ4v) is 2.21. The van der Waals surface area contributed by atoms with Crippen LogP contribution in [0.1, 0.15) is 38.3 Å². The molecule has 1 aromatic rings. The van der Waals surface area contributed by atoms with Crippen molar-refractivity contribution in [2.45, 2.75) is 39.8 Å². The van der Waals surface area contributed by atoms with Gasteiger partial charge in [-0.2, -0.15) is 5.26 Å². The number of nitrogens with one attached hydrogen (secondary N) is 1. The number of hydrogen-bond donors (Lipinski definition) is 2. The first kappa shape index (κ1) is 16.0. The molecule has 1 aromatic carbocycles. The molecule has 0 spiro atoms. The van der Waals surface area contributed by atoms with E-state index in [1.807, 2.05) is 6.07 Å². The Balaban J connectivity index is 2.72. The lowest BCUT2D eigenvalue weighted by Crippen LogP contribution is -2.40.